The normalized spacial score (nSPS) is 13.6. The highest BCUT2D eigenvalue weighted by Gasteiger charge is 2.18. The molecule has 0 aliphatic rings. The summed E-state index contributed by atoms with van der Waals surface area (Å²) in [7, 11) is 0. The van der Waals surface area contributed by atoms with E-state index in [0.29, 0.717) is 44.4 Å². The van der Waals surface area contributed by atoms with E-state index in [1.807, 2.05) is 6.92 Å². The van der Waals surface area contributed by atoms with Crippen molar-refractivity contribution in [3.8, 4) is 0 Å². The van der Waals surface area contributed by atoms with E-state index in [9.17, 15) is 9.90 Å². The molecule has 0 bridgehead atoms. The first kappa shape index (κ1) is 32.4. The van der Waals surface area contributed by atoms with Gasteiger partial charge in [-0.2, -0.15) is 0 Å². The summed E-state index contributed by atoms with van der Waals surface area (Å²) in [6.07, 6.45) is 16.4. The van der Waals surface area contributed by atoms with Crippen LogP contribution in [0.25, 0.3) is 0 Å². The third-order valence-electron chi connectivity index (χ3n) is 6.99. The molecule has 0 aromatic rings. The summed E-state index contributed by atoms with van der Waals surface area (Å²) in [5.41, 5.74) is 0. The highest BCUT2D eigenvalue weighted by molar-refractivity contribution is 5.69. The van der Waals surface area contributed by atoms with Gasteiger partial charge < -0.3 is 14.9 Å². The minimum atomic E-state index is -0.418. The van der Waals surface area contributed by atoms with Crippen molar-refractivity contribution >= 4 is 5.97 Å². The van der Waals surface area contributed by atoms with Gasteiger partial charge in [0.05, 0.1) is 19.3 Å². The van der Waals surface area contributed by atoms with Gasteiger partial charge in [0.15, 0.2) is 0 Å². The first-order valence-corrected chi connectivity index (χ1v) is 14.2. The largest absolute Gasteiger partial charge is 0.466 e. The fourth-order valence-corrected chi connectivity index (χ4v) is 4.65. The molecule has 2 atom stereocenters. The number of aliphatic hydroxyl groups is 2. The monoisotopic (exact) mass is 471 g/mol. The van der Waals surface area contributed by atoms with E-state index in [0.717, 1.165) is 25.8 Å². The lowest BCUT2D eigenvalue weighted by Crippen LogP contribution is -2.35. The lowest BCUT2D eigenvalue weighted by atomic mass is 9.92. The van der Waals surface area contributed by atoms with Gasteiger partial charge in [0.25, 0.3) is 0 Å². The molecule has 0 fully saturated rings. The highest BCUT2D eigenvalue weighted by Crippen LogP contribution is 2.22. The molecule has 5 nitrogen and oxygen atoms in total. The van der Waals surface area contributed by atoms with Gasteiger partial charge in [-0.15, -0.1) is 0 Å². The van der Waals surface area contributed by atoms with E-state index in [1.54, 1.807) is 0 Å². The van der Waals surface area contributed by atoms with Crippen molar-refractivity contribution < 1.29 is 19.7 Å². The van der Waals surface area contributed by atoms with Gasteiger partial charge in [-0.3, -0.25) is 9.69 Å². The smallest absolute Gasteiger partial charge is 0.305 e. The van der Waals surface area contributed by atoms with Crippen molar-refractivity contribution in [3.63, 3.8) is 0 Å². The molecule has 0 aromatic heterocycles. The number of hydrogen-bond acceptors (Lipinski definition) is 5. The number of esters is 1. The van der Waals surface area contributed by atoms with Crippen LogP contribution in [0.4, 0.5) is 0 Å². The molecule has 2 N–H and O–H groups in total. The Morgan fingerprint density at radius 1 is 0.848 bits per heavy atom. The number of aliphatic hydroxyl groups excluding tert-OH is 2. The van der Waals surface area contributed by atoms with Gasteiger partial charge >= 0.3 is 5.97 Å². The molecular weight excluding hydrogens is 414 g/mol. The van der Waals surface area contributed by atoms with Gasteiger partial charge in [0, 0.05) is 19.5 Å². The van der Waals surface area contributed by atoms with Crippen molar-refractivity contribution in [3.05, 3.63) is 0 Å². The molecule has 198 valence electrons. The molecule has 0 amide bonds. The standard InChI is InChI=1S/C28H57NO4/c1-5-9-11-13-15-26(16-14-12-10-6-2)19-22-33-28(32)18-17-25(7-3)23-27(31)24-29(8-4)20-21-30/h25-27,30-31H,5-24H2,1-4H3/t25-,27?/m0/s1. The fraction of sp³-hybridized carbons (Fsp3) is 0.964. The molecule has 0 rings (SSSR count). The Kier molecular flexibility index (Phi) is 22.7. The summed E-state index contributed by atoms with van der Waals surface area (Å²) in [4.78, 5) is 14.4. The second-order valence-corrected chi connectivity index (χ2v) is 9.89. The number of ether oxygens (including phenoxy) is 1. The van der Waals surface area contributed by atoms with E-state index in [1.165, 1.54) is 64.2 Å². The van der Waals surface area contributed by atoms with E-state index < -0.39 is 6.10 Å². The lowest BCUT2D eigenvalue weighted by Gasteiger charge is -2.25. The molecule has 0 aliphatic heterocycles. The molecule has 33 heavy (non-hydrogen) atoms. The zero-order valence-corrected chi connectivity index (χ0v) is 22.5. The third kappa shape index (κ3) is 19.4. The van der Waals surface area contributed by atoms with Gasteiger partial charge in [0.2, 0.25) is 0 Å². The number of carbonyl (C=O) groups excluding carboxylic acids is 1. The molecule has 0 spiro atoms. The molecule has 0 saturated heterocycles. The number of carbonyl (C=O) groups is 1. The lowest BCUT2D eigenvalue weighted by molar-refractivity contribution is -0.144. The molecule has 1 unspecified atom stereocenters. The van der Waals surface area contributed by atoms with Crippen LogP contribution in [0.2, 0.25) is 0 Å². The molecule has 0 aliphatic carbocycles. The van der Waals surface area contributed by atoms with Crippen LogP contribution in [-0.4, -0.2) is 60.0 Å². The Hall–Kier alpha value is -0.650. The van der Waals surface area contributed by atoms with Crippen LogP contribution < -0.4 is 0 Å². The zero-order chi connectivity index (χ0) is 24.7. The van der Waals surface area contributed by atoms with E-state index in [4.69, 9.17) is 9.84 Å². The summed E-state index contributed by atoms with van der Waals surface area (Å²) >= 11 is 0. The molecule has 5 heteroatoms. The second-order valence-electron chi connectivity index (χ2n) is 9.89. The van der Waals surface area contributed by atoms with E-state index in [-0.39, 0.29) is 12.6 Å². The van der Waals surface area contributed by atoms with Crippen LogP contribution >= 0.6 is 0 Å². The Balaban J connectivity index is 4.24. The maximum atomic E-state index is 12.3. The van der Waals surface area contributed by atoms with Crippen molar-refractivity contribution in [1.29, 1.82) is 0 Å². The Morgan fingerprint density at radius 3 is 2.00 bits per heavy atom. The maximum absolute atomic E-state index is 12.3. The molecule has 0 radical (unpaired) electrons. The van der Waals surface area contributed by atoms with Crippen molar-refractivity contribution in [2.75, 3.05) is 32.8 Å². The summed E-state index contributed by atoms with van der Waals surface area (Å²) in [5.74, 6) is 0.921. The fourth-order valence-electron chi connectivity index (χ4n) is 4.65. The Morgan fingerprint density at radius 2 is 1.48 bits per heavy atom. The van der Waals surface area contributed by atoms with Crippen LogP contribution in [0, 0.1) is 11.8 Å². The number of hydrogen-bond donors (Lipinski definition) is 2. The summed E-state index contributed by atoms with van der Waals surface area (Å²) in [6, 6.07) is 0. The average molecular weight is 472 g/mol. The molecule has 0 heterocycles. The van der Waals surface area contributed by atoms with Crippen molar-refractivity contribution in [2.45, 2.75) is 130 Å². The minimum absolute atomic E-state index is 0.0888. The summed E-state index contributed by atoms with van der Waals surface area (Å²) < 4.78 is 5.60. The Labute approximate surface area is 205 Å². The predicted octanol–water partition coefficient (Wildman–Crippen LogP) is 6.35. The summed E-state index contributed by atoms with van der Waals surface area (Å²) in [6.45, 7) is 11.3. The SMILES string of the molecule is CCCCCCC(CCCCCC)CCOC(=O)CC[C@H](CC)CC(O)CN(CC)CCO. The maximum Gasteiger partial charge on any atom is 0.305 e. The number of unbranched alkanes of at least 4 members (excludes halogenated alkanes) is 6. The third-order valence-corrected chi connectivity index (χ3v) is 6.99. The number of rotatable bonds is 24. The number of likely N-dealkylation sites (N-methyl/N-ethyl adjacent to an activating group) is 1. The molecule has 0 saturated carbocycles. The number of nitrogens with zero attached hydrogens (tertiary/aromatic N) is 1. The van der Waals surface area contributed by atoms with Crippen molar-refractivity contribution in [1.82, 2.24) is 4.90 Å². The van der Waals surface area contributed by atoms with E-state index >= 15 is 0 Å². The van der Waals surface area contributed by atoms with Crippen LogP contribution in [0.3, 0.4) is 0 Å². The topological polar surface area (TPSA) is 70.0 Å². The van der Waals surface area contributed by atoms with Crippen LogP contribution in [0.15, 0.2) is 0 Å². The van der Waals surface area contributed by atoms with Gasteiger partial charge in [-0.1, -0.05) is 98.3 Å². The van der Waals surface area contributed by atoms with Gasteiger partial charge in [0.1, 0.15) is 0 Å². The minimum Gasteiger partial charge on any atom is -0.466 e. The van der Waals surface area contributed by atoms with Crippen molar-refractivity contribution in [2.24, 2.45) is 11.8 Å². The summed E-state index contributed by atoms with van der Waals surface area (Å²) in [5, 5.41) is 19.5. The van der Waals surface area contributed by atoms with Crippen LogP contribution in [0.5, 0.6) is 0 Å². The van der Waals surface area contributed by atoms with Gasteiger partial charge in [-0.05, 0) is 37.6 Å². The average Bonchev–Trinajstić information content (AvgIpc) is 2.81. The van der Waals surface area contributed by atoms with E-state index in [2.05, 4.69) is 25.7 Å². The van der Waals surface area contributed by atoms with Crippen LogP contribution in [0.1, 0.15) is 124 Å². The predicted molar refractivity (Wildman–Crippen MR) is 139 cm³/mol. The molecule has 0 aromatic carbocycles. The first-order valence-electron chi connectivity index (χ1n) is 14.2. The zero-order valence-electron chi connectivity index (χ0n) is 22.5. The first-order chi connectivity index (χ1) is 16.0. The quantitative estimate of drug-likeness (QED) is 0.127. The highest BCUT2D eigenvalue weighted by atomic mass is 16.5. The second kappa shape index (κ2) is 23.1. The van der Waals surface area contributed by atoms with Gasteiger partial charge in [-0.25, -0.2) is 0 Å². The van der Waals surface area contributed by atoms with Crippen LogP contribution in [-0.2, 0) is 9.53 Å². The Bertz CT molecular complexity index is 420. The molecular formula is C28H57NO4.